The lowest BCUT2D eigenvalue weighted by atomic mass is 10.4. The van der Waals surface area contributed by atoms with Crippen molar-refractivity contribution in [2.24, 2.45) is 4.99 Å². The van der Waals surface area contributed by atoms with Gasteiger partial charge in [-0.15, -0.1) is 0 Å². The maximum Gasteiger partial charge on any atom is 0.240 e. The molecule has 12 heavy (non-hydrogen) atoms. The molecule has 0 spiro atoms. The second-order valence-corrected chi connectivity index (χ2v) is 2.14. The second kappa shape index (κ2) is 2.56. The first-order chi connectivity index (χ1) is 5.92. The summed E-state index contributed by atoms with van der Waals surface area (Å²) in [5.74, 6) is 0. The van der Waals surface area contributed by atoms with Gasteiger partial charge in [0.2, 0.25) is 6.08 Å². The number of carbonyl (C=O) groups excluding carboxylic acids is 1. The van der Waals surface area contributed by atoms with E-state index in [1.807, 2.05) is 0 Å². The number of hydrogen-bond donors (Lipinski definition) is 0. The van der Waals surface area contributed by atoms with Gasteiger partial charge in [0, 0.05) is 6.20 Å². The first-order valence-corrected chi connectivity index (χ1v) is 3.27. The average Bonchev–Trinajstić information content (AvgIpc) is 2.50. The van der Waals surface area contributed by atoms with Crippen LogP contribution in [0.15, 0.2) is 29.8 Å². The average molecular weight is 160 g/mol. The van der Waals surface area contributed by atoms with E-state index in [1.165, 1.54) is 12.4 Å². The molecule has 2 rings (SSSR count). The van der Waals surface area contributed by atoms with E-state index in [1.54, 1.807) is 23.0 Å². The Bertz CT molecular complexity index is 455. The zero-order chi connectivity index (χ0) is 8.39. The largest absolute Gasteiger partial charge is 0.241 e. The predicted octanol–water partition coefficient (Wildman–Crippen LogP) is 0.697. The normalized spacial score (nSPS) is 9.67. The van der Waals surface area contributed by atoms with Crippen LogP contribution in [0.3, 0.4) is 0 Å². The Morgan fingerprint density at radius 2 is 2.50 bits per heavy atom. The molecule has 0 unspecified atom stereocenters. The highest BCUT2D eigenvalue weighted by Gasteiger charge is 1.99. The van der Waals surface area contributed by atoms with E-state index >= 15 is 0 Å². The Balaban J connectivity index is 2.78. The van der Waals surface area contributed by atoms with Gasteiger partial charge in [0.1, 0.15) is 17.5 Å². The van der Waals surface area contributed by atoms with E-state index < -0.39 is 0 Å². The molecule has 0 N–H and O–H groups in total. The van der Waals surface area contributed by atoms with E-state index in [2.05, 4.69) is 15.1 Å². The van der Waals surface area contributed by atoms with Crippen molar-refractivity contribution < 1.29 is 4.79 Å². The Morgan fingerprint density at radius 1 is 1.58 bits per heavy atom. The summed E-state index contributed by atoms with van der Waals surface area (Å²) < 4.78 is 1.59. The summed E-state index contributed by atoms with van der Waals surface area (Å²) >= 11 is 0. The summed E-state index contributed by atoms with van der Waals surface area (Å²) in [6, 6.07) is 1.68. The first kappa shape index (κ1) is 6.69. The predicted molar refractivity (Wildman–Crippen MR) is 40.8 cm³/mol. The van der Waals surface area contributed by atoms with Gasteiger partial charge >= 0.3 is 0 Å². The van der Waals surface area contributed by atoms with Crippen LogP contribution >= 0.6 is 0 Å². The lowest BCUT2D eigenvalue weighted by Crippen LogP contribution is -1.87. The van der Waals surface area contributed by atoms with Crippen molar-refractivity contribution in [1.29, 1.82) is 0 Å². The molecule has 0 saturated carbocycles. The number of aliphatic imine (C=N–C) groups is 1. The monoisotopic (exact) mass is 160 g/mol. The summed E-state index contributed by atoms with van der Waals surface area (Å²) in [6.07, 6.45) is 6.17. The van der Waals surface area contributed by atoms with Gasteiger partial charge in [0.25, 0.3) is 0 Å². The maximum atomic E-state index is 9.97. The van der Waals surface area contributed by atoms with Crippen LogP contribution in [0.4, 0.5) is 5.69 Å². The van der Waals surface area contributed by atoms with Crippen molar-refractivity contribution in [3.8, 4) is 0 Å². The molecule has 0 atom stereocenters. The minimum absolute atomic E-state index is 0.533. The van der Waals surface area contributed by atoms with Crippen LogP contribution in [0.1, 0.15) is 0 Å². The zero-order valence-electron chi connectivity index (χ0n) is 6.01. The molecular weight excluding hydrogens is 156 g/mol. The topological polar surface area (TPSA) is 59.6 Å². The molecule has 0 aromatic carbocycles. The van der Waals surface area contributed by atoms with Gasteiger partial charge in [-0.1, -0.05) is 0 Å². The summed E-state index contributed by atoms with van der Waals surface area (Å²) in [4.78, 5) is 17.3. The molecule has 0 aliphatic heterocycles. The molecular formula is C7H4N4O. The lowest BCUT2D eigenvalue weighted by Gasteiger charge is -1.89. The second-order valence-electron chi connectivity index (χ2n) is 2.14. The Morgan fingerprint density at radius 3 is 3.33 bits per heavy atom. The highest BCUT2D eigenvalue weighted by atomic mass is 16.1. The molecule has 0 radical (unpaired) electrons. The number of aromatic nitrogens is 3. The van der Waals surface area contributed by atoms with Crippen LogP contribution in [0.2, 0.25) is 0 Å². The molecule has 0 bridgehead atoms. The number of rotatable bonds is 1. The maximum absolute atomic E-state index is 9.97. The third-order valence-corrected chi connectivity index (χ3v) is 1.49. The van der Waals surface area contributed by atoms with Gasteiger partial charge in [-0.2, -0.15) is 10.1 Å². The minimum atomic E-state index is 0.533. The van der Waals surface area contributed by atoms with Crippen LogP contribution in [0, 0.1) is 0 Å². The molecule has 2 aromatic heterocycles. The third kappa shape index (κ3) is 0.889. The fourth-order valence-electron chi connectivity index (χ4n) is 0.983. The highest BCUT2D eigenvalue weighted by molar-refractivity contribution is 5.70. The van der Waals surface area contributed by atoms with E-state index in [9.17, 15) is 4.79 Å². The Kier molecular flexibility index (Phi) is 1.43. The van der Waals surface area contributed by atoms with Crippen molar-refractivity contribution in [1.82, 2.24) is 14.6 Å². The number of isocyanates is 1. The van der Waals surface area contributed by atoms with Gasteiger partial charge in [0.15, 0.2) is 0 Å². The fraction of sp³-hybridized carbons (Fsp3) is 0. The molecule has 0 fully saturated rings. The van der Waals surface area contributed by atoms with E-state index in [-0.39, 0.29) is 0 Å². The van der Waals surface area contributed by atoms with Crippen LogP contribution in [0.25, 0.3) is 5.52 Å². The quantitative estimate of drug-likeness (QED) is 0.455. The van der Waals surface area contributed by atoms with E-state index in [4.69, 9.17) is 0 Å². The van der Waals surface area contributed by atoms with Crippen molar-refractivity contribution in [3.05, 3.63) is 24.8 Å². The number of hydrogen-bond acceptors (Lipinski definition) is 4. The zero-order valence-corrected chi connectivity index (χ0v) is 6.01. The van der Waals surface area contributed by atoms with Crippen molar-refractivity contribution >= 4 is 17.3 Å². The molecule has 0 amide bonds. The number of fused-ring (bicyclic) bond motifs is 1. The van der Waals surface area contributed by atoms with Crippen molar-refractivity contribution in [2.45, 2.75) is 0 Å². The molecule has 58 valence electrons. The Hall–Kier alpha value is -2.00. The Labute approximate surface area is 67.4 Å². The summed E-state index contributed by atoms with van der Waals surface area (Å²) in [5.41, 5.74) is 1.23. The first-order valence-electron chi connectivity index (χ1n) is 3.27. The van der Waals surface area contributed by atoms with Crippen LogP contribution < -0.4 is 0 Å². The molecule has 0 aliphatic rings. The van der Waals surface area contributed by atoms with Gasteiger partial charge in [-0.3, -0.25) is 0 Å². The number of nitrogens with zero attached hydrogens (tertiary/aromatic N) is 4. The van der Waals surface area contributed by atoms with Gasteiger partial charge in [0.05, 0.1) is 6.20 Å². The third-order valence-electron chi connectivity index (χ3n) is 1.49. The smallest absolute Gasteiger partial charge is 0.240 e. The molecule has 2 heterocycles. The van der Waals surface area contributed by atoms with Crippen molar-refractivity contribution in [3.63, 3.8) is 0 Å². The SMILES string of the molecule is O=C=Nc1ccn2ncncc12. The summed E-state index contributed by atoms with van der Waals surface area (Å²) in [6.45, 7) is 0. The van der Waals surface area contributed by atoms with Gasteiger partial charge in [-0.05, 0) is 6.07 Å². The van der Waals surface area contributed by atoms with E-state index in [0.29, 0.717) is 11.2 Å². The van der Waals surface area contributed by atoms with E-state index in [0.717, 1.165) is 0 Å². The molecule has 5 nitrogen and oxygen atoms in total. The summed E-state index contributed by atoms with van der Waals surface area (Å²) in [7, 11) is 0. The highest BCUT2D eigenvalue weighted by Crippen LogP contribution is 2.18. The van der Waals surface area contributed by atoms with Gasteiger partial charge in [-0.25, -0.2) is 14.3 Å². The minimum Gasteiger partial charge on any atom is -0.241 e. The standard InChI is InChI=1S/C7H4N4O/c12-5-9-6-1-2-11-7(6)3-8-4-10-11/h1-4H. The molecule has 0 aliphatic carbocycles. The lowest BCUT2D eigenvalue weighted by molar-refractivity contribution is 0.565. The van der Waals surface area contributed by atoms with Crippen molar-refractivity contribution in [2.75, 3.05) is 0 Å². The van der Waals surface area contributed by atoms with Crippen LogP contribution in [-0.2, 0) is 4.79 Å². The van der Waals surface area contributed by atoms with Crippen LogP contribution in [-0.4, -0.2) is 20.7 Å². The van der Waals surface area contributed by atoms with Crippen LogP contribution in [0.5, 0.6) is 0 Å². The molecule has 2 aromatic rings. The van der Waals surface area contributed by atoms with Gasteiger partial charge < -0.3 is 0 Å². The fourth-order valence-corrected chi connectivity index (χ4v) is 0.983. The molecule has 0 saturated heterocycles. The molecule has 5 heteroatoms. The summed E-state index contributed by atoms with van der Waals surface area (Å²) in [5, 5.41) is 3.90.